The molecule has 3 aromatic carbocycles. The molecule has 5 N–H and O–H groups in total. The summed E-state index contributed by atoms with van der Waals surface area (Å²) in [6.45, 7) is 10.9. The maximum atomic E-state index is 14.4. The van der Waals surface area contributed by atoms with Crippen LogP contribution in [0.4, 0.5) is 30.4 Å². The molecule has 13 nitrogen and oxygen atoms in total. The Hall–Kier alpha value is -5.58. The lowest BCUT2D eigenvalue weighted by Gasteiger charge is -2.28. The molecule has 0 bridgehead atoms. The molecule has 0 spiro atoms. The Bertz CT molecular complexity index is 2110. The number of halogens is 3. The number of fused-ring (bicyclic) bond motifs is 1. The standard InChI is InChI=1S/C35H43N5O6S.C2HF3O2/c1-8-45-31-19-24(10-14-30(31)46-21(3)4)33(39-29-13-12-28-27(22(29)5)16-17-37-34(28)36)35(42)40(7)20-25-18-26(38-23(6)41)11-15-32(25)47(43,44)9-2;3-2(4,5)1(6)7/h10-19,21,33,39H,8-9,20H2,1-7H3,(H2,36,37)(H,38,41);(H,6,7). The molecule has 1 unspecified atom stereocenters. The highest BCUT2D eigenvalue weighted by Crippen LogP contribution is 2.36. The zero-order valence-electron chi connectivity index (χ0n) is 30.9. The smallest absolute Gasteiger partial charge is 0.490 e. The van der Waals surface area contributed by atoms with E-state index in [0.717, 1.165) is 16.3 Å². The Morgan fingerprint density at radius 2 is 1.67 bits per heavy atom. The van der Waals surface area contributed by atoms with E-state index in [9.17, 15) is 31.2 Å². The van der Waals surface area contributed by atoms with E-state index in [1.54, 1.807) is 44.4 Å². The SMILES string of the molecule is CCOc1cc(C(Nc2ccc3c(N)nccc3c2C)C(=O)N(C)Cc2cc(NC(C)=O)ccc2S(=O)(=O)CC)ccc1OC(C)C.O=C(O)C(F)(F)F. The predicted molar refractivity (Wildman–Crippen MR) is 199 cm³/mol. The third kappa shape index (κ3) is 11.0. The number of carbonyl (C=O) groups excluding carboxylic acids is 2. The van der Waals surface area contributed by atoms with E-state index >= 15 is 0 Å². The molecule has 292 valence electrons. The second-order valence-corrected chi connectivity index (χ2v) is 14.6. The first kappa shape index (κ1) is 42.8. The van der Waals surface area contributed by atoms with Gasteiger partial charge < -0.3 is 35.8 Å². The van der Waals surface area contributed by atoms with Crippen LogP contribution in [0.3, 0.4) is 0 Å². The summed E-state index contributed by atoms with van der Waals surface area (Å²) in [5.74, 6) is -2.04. The third-order valence-corrected chi connectivity index (χ3v) is 9.71. The average Bonchev–Trinajstić information content (AvgIpc) is 3.08. The van der Waals surface area contributed by atoms with Crippen molar-refractivity contribution in [2.45, 2.75) is 71.3 Å². The van der Waals surface area contributed by atoms with E-state index in [1.165, 1.54) is 17.9 Å². The lowest BCUT2D eigenvalue weighted by Crippen LogP contribution is -2.35. The summed E-state index contributed by atoms with van der Waals surface area (Å²) in [5.41, 5.74) is 9.14. The van der Waals surface area contributed by atoms with Gasteiger partial charge >= 0.3 is 12.1 Å². The summed E-state index contributed by atoms with van der Waals surface area (Å²) < 4.78 is 69.7. The topological polar surface area (TPSA) is 190 Å². The van der Waals surface area contributed by atoms with Crippen LogP contribution < -0.4 is 25.8 Å². The summed E-state index contributed by atoms with van der Waals surface area (Å²) in [6.07, 6.45) is -3.53. The normalized spacial score (nSPS) is 12.0. The number of carboxylic acid groups (broad SMARTS) is 1. The number of carboxylic acids is 1. The molecular weight excluding hydrogens is 731 g/mol. The number of anilines is 3. The number of nitrogens with one attached hydrogen (secondary N) is 2. The van der Waals surface area contributed by atoms with Gasteiger partial charge in [-0.2, -0.15) is 13.2 Å². The van der Waals surface area contributed by atoms with Gasteiger partial charge in [0.05, 0.1) is 23.4 Å². The first-order valence-corrected chi connectivity index (χ1v) is 18.4. The van der Waals surface area contributed by atoms with Crippen molar-refractivity contribution < 1.29 is 50.6 Å². The zero-order valence-corrected chi connectivity index (χ0v) is 31.7. The molecule has 17 heteroatoms. The van der Waals surface area contributed by atoms with Crippen molar-refractivity contribution in [1.82, 2.24) is 9.88 Å². The van der Waals surface area contributed by atoms with Crippen LogP contribution in [0.2, 0.25) is 0 Å². The fourth-order valence-electron chi connectivity index (χ4n) is 5.35. The van der Waals surface area contributed by atoms with E-state index in [1.807, 2.05) is 52.0 Å². The first-order valence-electron chi connectivity index (χ1n) is 16.7. The largest absolute Gasteiger partial charge is 0.490 e. The van der Waals surface area contributed by atoms with Crippen LogP contribution in [0.15, 0.2) is 65.7 Å². The van der Waals surface area contributed by atoms with Gasteiger partial charge in [-0.15, -0.1) is 0 Å². The van der Waals surface area contributed by atoms with E-state index < -0.39 is 28.0 Å². The van der Waals surface area contributed by atoms with E-state index in [2.05, 4.69) is 15.6 Å². The summed E-state index contributed by atoms with van der Waals surface area (Å²) in [6, 6.07) is 14.7. The molecule has 1 atom stereocenters. The van der Waals surface area contributed by atoms with Crippen molar-refractivity contribution in [2.75, 3.05) is 35.8 Å². The highest BCUT2D eigenvalue weighted by atomic mass is 32.2. The molecule has 1 aromatic heterocycles. The molecule has 54 heavy (non-hydrogen) atoms. The van der Waals surface area contributed by atoms with Crippen LogP contribution in [-0.4, -0.2) is 72.9 Å². The molecule has 0 radical (unpaired) electrons. The molecular formula is C37H44F3N5O8S. The number of likely N-dealkylation sites (N-methyl/N-ethyl adjacent to an activating group) is 1. The Labute approximate surface area is 311 Å². The number of nitrogens with two attached hydrogens (primary N) is 1. The number of hydrogen-bond acceptors (Lipinski definition) is 10. The van der Waals surface area contributed by atoms with Crippen molar-refractivity contribution in [1.29, 1.82) is 0 Å². The molecule has 4 aromatic rings. The van der Waals surface area contributed by atoms with Gasteiger partial charge in [-0.1, -0.05) is 13.0 Å². The van der Waals surface area contributed by atoms with Crippen molar-refractivity contribution in [2.24, 2.45) is 0 Å². The summed E-state index contributed by atoms with van der Waals surface area (Å²) in [4.78, 5) is 40.9. The van der Waals surface area contributed by atoms with E-state index in [4.69, 9.17) is 25.1 Å². The van der Waals surface area contributed by atoms with Gasteiger partial charge in [-0.05, 0) is 98.3 Å². The van der Waals surface area contributed by atoms with Crippen molar-refractivity contribution in [3.63, 3.8) is 0 Å². The highest BCUT2D eigenvalue weighted by Gasteiger charge is 2.38. The van der Waals surface area contributed by atoms with Crippen LogP contribution >= 0.6 is 0 Å². The average molecular weight is 776 g/mol. The van der Waals surface area contributed by atoms with Gasteiger partial charge in [0.2, 0.25) is 11.8 Å². The van der Waals surface area contributed by atoms with Crippen LogP contribution in [0.5, 0.6) is 11.5 Å². The number of carbonyl (C=O) groups is 3. The van der Waals surface area contributed by atoms with E-state index in [-0.39, 0.29) is 35.1 Å². The van der Waals surface area contributed by atoms with Gasteiger partial charge in [0, 0.05) is 43.5 Å². The number of hydrogen-bond donors (Lipinski definition) is 4. The number of rotatable bonds is 13. The minimum Gasteiger partial charge on any atom is -0.490 e. The number of aryl methyl sites for hydroxylation is 1. The maximum Gasteiger partial charge on any atom is 0.490 e. The lowest BCUT2D eigenvalue weighted by molar-refractivity contribution is -0.192. The number of pyridine rings is 1. The number of amides is 2. The molecule has 0 fully saturated rings. The second-order valence-electron chi connectivity index (χ2n) is 12.3. The van der Waals surface area contributed by atoms with E-state index in [0.29, 0.717) is 46.4 Å². The van der Waals surface area contributed by atoms with Crippen molar-refractivity contribution >= 4 is 55.6 Å². The summed E-state index contributed by atoms with van der Waals surface area (Å²) in [7, 11) is -2.02. The Kier molecular flexibility index (Phi) is 14.2. The number of nitrogens with zero attached hydrogens (tertiary/aromatic N) is 2. The summed E-state index contributed by atoms with van der Waals surface area (Å²) >= 11 is 0. The molecule has 0 aliphatic heterocycles. The Balaban J connectivity index is 0.00000102. The first-order chi connectivity index (χ1) is 25.2. The highest BCUT2D eigenvalue weighted by molar-refractivity contribution is 7.91. The number of aliphatic carboxylic acids is 1. The van der Waals surface area contributed by atoms with Gasteiger partial charge in [-0.25, -0.2) is 18.2 Å². The predicted octanol–water partition coefficient (Wildman–Crippen LogP) is 6.51. The number of benzene rings is 3. The van der Waals surface area contributed by atoms with Crippen LogP contribution in [0.1, 0.15) is 57.4 Å². The second kappa shape index (κ2) is 18.0. The zero-order chi connectivity index (χ0) is 40.5. The molecule has 0 aliphatic rings. The number of nitrogen functional groups attached to an aromatic ring is 1. The fourth-order valence-corrected chi connectivity index (χ4v) is 6.46. The quantitative estimate of drug-likeness (QED) is 0.116. The Morgan fingerprint density at radius 3 is 2.24 bits per heavy atom. The molecule has 0 saturated carbocycles. The molecule has 4 rings (SSSR count). The Morgan fingerprint density at radius 1 is 1.00 bits per heavy atom. The fraction of sp³-hybridized carbons (Fsp3) is 0.351. The van der Waals surface area contributed by atoms with Crippen LogP contribution in [0.25, 0.3) is 10.8 Å². The molecule has 0 aliphatic carbocycles. The third-order valence-electron chi connectivity index (χ3n) is 7.88. The molecule has 2 amide bonds. The molecule has 0 saturated heterocycles. The number of ether oxygens (including phenoxy) is 2. The molecule has 1 heterocycles. The number of alkyl halides is 3. The number of aromatic nitrogens is 1. The van der Waals surface area contributed by atoms with Crippen molar-refractivity contribution in [3.05, 3.63) is 77.5 Å². The maximum absolute atomic E-state index is 14.4. The minimum absolute atomic E-state index is 0.0369. The van der Waals surface area contributed by atoms with Gasteiger partial charge in [0.1, 0.15) is 11.9 Å². The van der Waals surface area contributed by atoms with Crippen LogP contribution in [0, 0.1) is 6.92 Å². The monoisotopic (exact) mass is 775 g/mol. The summed E-state index contributed by atoms with van der Waals surface area (Å²) in [5, 5.41) is 15.0. The van der Waals surface area contributed by atoms with Gasteiger partial charge in [0.25, 0.3) is 0 Å². The van der Waals surface area contributed by atoms with Crippen molar-refractivity contribution in [3.8, 4) is 11.5 Å². The number of sulfone groups is 1. The lowest BCUT2D eigenvalue weighted by atomic mass is 10.0. The minimum atomic E-state index is -5.08. The van der Waals surface area contributed by atoms with Gasteiger partial charge in [0.15, 0.2) is 21.3 Å². The van der Waals surface area contributed by atoms with Crippen LogP contribution in [-0.2, 0) is 30.8 Å². The van der Waals surface area contributed by atoms with Gasteiger partial charge in [-0.3, -0.25) is 9.59 Å².